The number of hydrogen-bond donors (Lipinski definition) is 3. The Hall–Kier alpha value is -6.88. The molecule has 15 nitrogen and oxygen atoms in total. The van der Waals surface area contributed by atoms with E-state index in [0.29, 0.717) is 22.9 Å². The third-order valence-corrected chi connectivity index (χ3v) is 10.4. The number of rotatable bonds is 15. The summed E-state index contributed by atoms with van der Waals surface area (Å²) < 4.78 is 38.1. The molecule has 3 heterocycles. The minimum Gasteiger partial charge on any atom is -0.497 e. The molecule has 8 rings (SSSR count). The van der Waals surface area contributed by atoms with Crippen LogP contribution < -0.4 is 24.8 Å². The zero-order valence-corrected chi connectivity index (χ0v) is 33.4. The number of anilines is 3. The molecular weight excluding hydrogens is 781 g/mol. The van der Waals surface area contributed by atoms with Gasteiger partial charge < -0.3 is 44.4 Å². The first-order valence-electron chi connectivity index (χ1n) is 19.5. The second-order valence-corrected chi connectivity index (χ2v) is 14.0. The number of amides is 1. The topological polar surface area (TPSA) is 186 Å². The number of carbonyl (C=O) groups is 1. The monoisotopic (exact) mass is 824 g/mol. The summed E-state index contributed by atoms with van der Waals surface area (Å²) in [6.07, 6.45) is -3.70. The van der Waals surface area contributed by atoms with Gasteiger partial charge in [0.25, 0.3) is 5.88 Å². The Balaban J connectivity index is 1.14. The van der Waals surface area contributed by atoms with Crippen molar-refractivity contribution in [1.29, 1.82) is 0 Å². The van der Waals surface area contributed by atoms with E-state index >= 15 is 0 Å². The van der Waals surface area contributed by atoms with Gasteiger partial charge in [0.15, 0.2) is 17.4 Å². The maximum absolute atomic E-state index is 14.0. The Labute approximate surface area is 351 Å². The third-order valence-electron chi connectivity index (χ3n) is 10.4. The number of benzene rings is 5. The molecule has 1 amide bonds. The predicted molar refractivity (Wildman–Crippen MR) is 226 cm³/mol. The number of ether oxygens (including phenoxy) is 6. The molecule has 5 aromatic carbocycles. The van der Waals surface area contributed by atoms with Crippen LogP contribution in [0.2, 0.25) is 0 Å². The Morgan fingerprint density at radius 1 is 0.787 bits per heavy atom. The molecule has 0 radical (unpaired) electrons. The van der Waals surface area contributed by atoms with Crippen LogP contribution in [0.5, 0.6) is 17.4 Å². The number of aromatic nitrogens is 4. The maximum atomic E-state index is 14.0. The summed E-state index contributed by atoms with van der Waals surface area (Å²) in [5, 5.41) is 21.8. The van der Waals surface area contributed by atoms with Crippen LogP contribution in [0.3, 0.4) is 0 Å². The number of methoxy groups -OCH3 is 2. The number of nitrogens with two attached hydrogens (primary N) is 1. The van der Waals surface area contributed by atoms with Crippen LogP contribution in [-0.4, -0.2) is 88.2 Å². The molecule has 61 heavy (non-hydrogen) atoms. The number of nitrogen functional groups attached to an aromatic ring is 1. The highest BCUT2D eigenvalue weighted by molar-refractivity contribution is 5.98. The van der Waals surface area contributed by atoms with E-state index in [-0.39, 0.29) is 42.8 Å². The van der Waals surface area contributed by atoms with Crippen molar-refractivity contribution in [1.82, 2.24) is 19.5 Å². The molecule has 0 saturated carbocycles. The highest BCUT2D eigenvalue weighted by Gasteiger charge is 2.48. The van der Waals surface area contributed by atoms with Crippen molar-refractivity contribution in [3.8, 4) is 17.4 Å². The molecule has 0 unspecified atom stereocenters. The Bertz CT molecular complexity index is 2440. The molecule has 4 atom stereocenters. The number of para-hydroxylation sites is 2. The van der Waals surface area contributed by atoms with Crippen molar-refractivity contribution in [2.24, 2.45) is 0 Å². The number of carbonyl (C=O) groups excluding carboxylic acids is 1. The highest BCUT2D eigenvalue weighted by atomic mass is 16.6. The molecule has 2 aromatic heterocycles. The summed E-state index contributed by atoms with van der Waals surface area (Å²) in [6, 6.07) is 43.0. The lowest BCUT2D eigenvalue weighted by Crippen LogP contribution is -2.40. The molecule has 1 saturated heterocycles. The minimum absolute atomic E-state index is 0.101. The van der Waals surface area contributed by atoms with Crippen molar-refractivity contribution in [2.45, 2.75) is 30.1 Å². The number of imidazole rings is 1. The lowest BCUT2D eigenvalue weighted by atomic mass is 9.80. The average Bonchev–Trinajstić information content (AvgIpc) is 3.87. The van der Waals surface area contributed by atoms with Crippen LogP contribution in [-0.2, 0) is 19.8 Å². The van der Waals surface area contributed by atoms with E-state index in [1.54, 1.807) is 38.5 Å². The van der Waals surface area contributed by atoms with Gasteiger partial charge in [0, 0.05) is 0 Å². The lowest BCUT2D eigenvalue weighted by molar-refractivity contribution is -0.0967. The first-order valence-corrected chi connectivity index (χ1v) is 19.5. The van der Waals surface area contributed by atoms with Gasteiger partial charge in [-0.1, -0.05) is 91.0 Å². The standard InChI is InChI=1S/C46H44N6O9/c1-56-35-22-18-31(19-23-35)46(30-12-6-3-7-13-30,32-20-24-36(57-2)25-21-32)59-28-37-39(54)40(58-27-26-53)43(60-37)51-29-48-38-41(51)49-44(47)50-42(38)61-45(55)52(33-14-8-4-9-15-33)34-16-10-5-11-17-34/h3-25,29,37,39-40,43,53-54H,26-28H2,1-2H3,(H2,47,49,50)/t37-,39-,40-,43-/m1/s1. The van der Waals surface area contributed by atoms with Crippen LogP contribution in [0.1, 0.15) is 22.9 Å². The summed E-state index contributed by atoms with van der Waals surface area (Å²) >= 11 is 0. The number of fused-ring (bicyclic) bond motifs is 1. The quantitative estimate of drug-likeness (QED) is 0.0965. The molecule has 4 N–H and O–H groups in total. The summed E-state index contributed by atoms with van der Waals surface area (Å²) in [4.78, 5) is 28.6. The second-order valence-electron chi connectivity index (χ2n) is 14.0. The summed E-state index contributed by atoms with van der Waals surface area (Å²) in [5.74, 6) is 0.935. The van der Waals surface area contributed by atoms with Crippen molar-refractivity contribution in [3.63, 3.8) is 0 Å². The fraction of sp³-hybridized carbons (Fsp3) is 0.217. The zero-order chi connectivity index (χ0) is 42.3. The summed E-state index contributed by atoms with van der Waals surface area (Å²) in [6.45, 7) is -0.560. The number of aliphatic hydroxyl groups is 2. The van der Waals surface area contributed by atoms with E-state index in [2.05, 4.69) is 15.0 Å². The molecule has 312 valence electrons. The van der Waals surface area contributed by atoms with Gasteiger partial charge in [-0.25, -0.2) is 14.7 Å². The Morgan fingerprint density at radius 2 is 1.33 bits per heavy atom. The molecule has 0 bridgehead atoms. The Morgan fingerprint density at radius 3 is 1.87 bits per heavy atom. The summed E-state index contributed by atoms with van der Waals surface area (Å²) in [5.41, 5.74) is 8.78. The van der Waals surface area contributed by atoms with Crippen molar-refractivity contribution >= 4 is 34.6 Å². The van der Waals surface area contributed by atoms with Gasteiger partial charge in [0.05, 0.1) is 51.7 Å². The first kappa shape index (κ1) is 40.9. The van der Waals surface area contributed by atoms with Gasteiger partial charge in [0.2, 0.25) is 5.95 Å². The van der Waals surface area contributed by atoms with Gasteiger partial charge in [-0.3, -0.25) is 4.57 Å². The van der Waals surface area contributed by atoms with Gasteiger partial charge in [0.1, 0.15) is 35.4 Å². The van der Waals surface area contributed by atoms with E-state index in [1.807, 2.05) is 115 Å². The molecule has 15 heteroatoms. The van der Waals surface area contributed by atoms with Gasteiger partial charge in [-0.2, -0.15) is 9.97 Å². The van der Waals surface area contributed by atoms with Crippen LogP contribution in [0, 0.1) is 0 Å². The van der Waals surface area contributed by atoms with Crippen LogP contribution >= 0.6 is 0 Å². The Kier molecular flexibility index (Phi) is 12.2. The van der Waals surface area contributed by atoms with Crippen molar-refractivity contribution < 1.29 is 43.4 Å². The number of hydrogen-bond acceptors (Lipinski definition) is 13. The number of aliphatic hydroxyl groups excluding tert-OH is 2. The zero-order valence-electron chi connectivity index (χ0n) is 33.4. The van der Waals surface area contributed by atoms with Gasteiger partial charge in [-0.05, 0) is 65.2 Å². The van der Waals surface area contributed by atoms with E-state index in [1.165, 1.54) is 15.8 Å². The molecule has 1 fully saturated rings. The molecule has 1 aliphatic rings. The fourth-order valence-electron chi connectivity index (χ4n) is 7.54. The molecule has 0 spiro atoms. The average molecular weight is 825 g/mol. The minimum atomic E-state index is -1.27. The second kappa shape index (κ2) is 18.2. The summed E-state index contributed by atoms with van der Waals surface area (Å²) in [7, 11) is 3.21. The maximum Gasteiger partial charge on any atom is 0.425 e. The molecular formula is C46H44N6O9. The fourth-order valence-corrected chi connectivity index (χ4v) is 7.54. The number of nitrogens with zero attached hydrogens (tertiary/aromatic N) is 5. The first-order chi connectivity index (χ1) is 29.8. The van der Waals surface area contributed by atoms with Crippen LogP contribution in [0.15, 0.2) is 146 Å². The van der Waals surface area contributed by atoms with Crippen LogP contribution in [0.25, 0.3) is 11.2 Å². The normalized spacial score (nSPS) is 17.6. The van der Waals surface area contributed by atoms with Crippen molar-refractivity contribution in [2.75, 3.05) is 44.7 Å². The lowest BCUT2D eigenvalue weighted by Gasteiger charge is -2.37. The molecule has 0 aliphatic carbocycles. The van der Waals surface area contributed by atoms with Crippen LogP contribution in [0.4, 0.5) is 22.1 Å². The smallest absolute Gasteiger partial charge is 0.425 e. The molecule has 7 aromatic rings. The molecule has 1 aliphatic heterocycles. The SMILES string of the molecule is COc1ccc(C(OC[C@H]2O[C@@H](n3cnc4c(OC(=O)N(c5ccccc5)c5ccccc5)nc(N)nc43)[C@H](OCCO)[C@@H]2O)(c2ccccc2)c2ccc(OC)cc2)cc1. The predicted octanol–water partition coefficient (Wildman–Crippen LogP) is 6.41. The largest absolute Gasteiger partial charge is 0.497 e. The van der Waals surface area contributed by atoms with E-state index in [4.69, 9.17) is 34.2 Å². The van der Waals surface area contributed by atoms with E-state index in [9.17, 15) is 15.0 Å². The van der Waals surface area contributed by atoms with E-state index < -0.39 is 36.2 Å². The highest BCUT2D eigenvalue weighted by Crippen LogP contribution is 2.43. The van der Waals surface area contributed by atoms with Gasteiger partial charge in [-0.15, -0.1) is 0 Å². The van der Waals surface area contributed by atoms with Gasteiger partial charge >= 0.3 is 6.09 Å². The third kappa shape index (κ3) is 8.20. The van der Waals surface area contributed by atoms with E-state index in [0.717, 1.165) is 16.7 Å². The van der Waals surface area contributed by atoms with Crippen molar-refractivity contribution in [3.05, 3.63) is 163 Å².